The minimum Gasteiger partial charge on any atom is -0.490 e. The molecule has 0 spiro atoms. The molecule has 0 bridgehead atoms. The summed E-state index contributed by atoms with van der Waals surface area (Å²) in [6.45, 7) is 4.98. The lowest BCUT2D eigenvalue weighted by Gasteiger charge is -2.22. The second-order valence-corrected chi connectivity index (χ2v) is 8.67. The van der Waals surface area contributed by atoms with Crippen LogP contribution in [0, 0.1) is 6.92 Å². The van der Waals surface area contributed by atoms with E-state index < -0.39 is 15.8 Å². The summed E-state index contributed by atoms with van der Waals surface area (Å²) in [5.41, 5.74) is 0.683. The van der Waals surface area contributed by atoms with Crippen molar-refractivity contribution in [2.45, 2.75) is 62.7 Å². The predicted octanol–water partition coefficient (Wildman–Crippen LogP) is 2.75. The molecule has 1 heterocycles. The Labute approximate surface area is 149 Å². The molecule has 0 aromatic heterocycles. The van der Waals surface area contributed by atoms with Crippen molar-refractivity contribution in [3.63, 3.8) is 0 Å². The molecule has 1 aromatic carbocycles. The van der Waals surface area contributed by atoms with Crippen LogP contribution < -0.4 is 9.46 Å². The maximum atomic E-state index is 12.6. The van der Waals surface area contributed by atoms with E-state index in [2.05, 4.69) is 4.72 Å². The second-order valence-electron chi connectivity index (χ2n) is 6.93. The number of aryl methyl sites for hydroxylation is 1. The van der Waals surface area contributed by atoms with E-state index in [9.17, 15) is 8.42 Å². The number of hydrogen-bond donors (Lipinski definition) is 1. The van der Waals surface area contributed by atoms with Gasteiger partial charge in [-0.05, 0) is 63.3 Å². The highest BCUT2D eigenvalue weighted by atomic mass is 32.2. The SMILES string of the molecule is Cc1cc(OC2CCCC2)ccc1S(=O)(=O)NCCC1(C)OCCO1. The van der Waals surface area contributed by atoms with Crippen molar-refractivity contribution in [3.8, 4) is 5.75 Å². The van der Waals surface area contributed by atoms with Gasteiger partial charge >= 0.3 is 0 Å². The second kappa shape index (κ2) is 7.61. The lowest BCUT2D eigenvalue weighted by molar-refractivity contribution is -0.145. The van der Waals surface area contributed by atoms with Crippen LogP contribution in [-0.2, 0) is 19.5 Å². The fraction of sp³-hybridized carbons (Fsp3) is 0.667. The standard InChI is InChI=1S/C18H27NO5S/c1-14-13-16(24-15-5-3-4-6-15)7-8-17(14)25(20,21)19-10-9-18(2)22-11-12-23-18/h7-8,13,15,19H,3-6,9-12H2,1-2H3. The van der Waals surface area contributed by atoms with Gasteiger partial charge in [-0.1, -0.05) is 0 Å². The van der Waals surface area contributed by atoms with Crippen LogP contribution in [0.5, 0.6) is 5.75 Å². The van der Waals surface area contributed by atoms with Gasteiger partial charge < -0.3 is 14.2 Å². The van der Waals surface area contributed by atoms with Crippen molar-refractivity contribution < 1.29 is 22.6 Å². The van der Waals surface area contributed by atoms with E-state index in [-0.39, 0.29) is 17.5 Å². The third-order valence-corrected chi connectivity index (χ3v) is 6.43. The van der Waals surface area contributed by atoms with Gasteiger partial charge in [-0.25, -0.2) is 13.1 Å². The quantitative estimate of drug-likeness (QED) is 0.800. The van der Waals surface area contributed by atoms with E-state index in [4.69, 9.17) is 14.2 Å². The zero-order chi connectivity index (χ0) is 17.9. The Morgan fingerprint density at radius 1 is 1.24 bits per heavy atom. The lowest BCUT2D eigenvalue weighted by atomic mass is 10.2. The summed E-state index contributed by atoms with van der Waals surface area (Å²) < 4.78 is 44.7. The third-order valence-electron chi connectivity index (χ3n) is 4.81. The monoisotopic (exact) mass is 369 g/mol. The Hall–Kier alpha value is -1.15. The molecule has 1 aliphatic carbocycles. The topological polar surface area (TPSA) is 73.9 Å². The molecule has 1 saturated heterocycles. The summed E-state index contributed by atoms with van der Waals surface area (Å²) in [7, 11) is -3.57. The van der Waals surface area contributed by atoms with Crippen molar-refractivity contribution in [3.05, 3.63) is 23.8 Å². The summed E-state index contributed by atoms with van der Waals surface area (Å²) in [5.74, 6) is 0.0416. The third kappa shape index (κ3) is 4.73. The molecule has 2 fully saturated rings. The molecule has 140 valence electrons. The minimum atomic E-state index is -3.57. The van der Waals surface area contributed by atoms with Crippen LogP contribution in [-0.4, -0.2) is 40.1 Å². The van der Waals surface area contributed by atoms with E-state index >= 15 is 0 Å². The molecule has 0 radical (unpaired) electrons. The van der Waals surface area contributed by atoms with Crippen LogP contribution in [0.3, 0.4) is 0 Å². The van der Waals surface area contributed by atoms with Crippen LogP contribution in [0.15, 0.2) is 23.1 Å². The molecule has 2 aliphatic rings. The molecule has 3 rings (SSSR count). The highest BCUT2D eigenvalue weighted by Gasteiger charge is 2.31. The first kappa shape index (κ1) is 18.6. The number of hydrogen-bond acceptors (Lipinski definition) is 5. The van der Waals surface area contributed by atoms with Gasteiger partial charge in [0, 0.05) is 13.0 Å². The maximum Gasteiger partial charge on any atom is 0.240 e. The minimum absolute atomic E-state index is 0.257. The van der Waals surface area contributed by atoms with Crippen LogP contribution in [0.1, 0.15) is 44.6 Å². The molecule has 6 nitrogen and oxygen atoms in total. The van der Waals surface area contributed by atoms with Gasteiger partial charge in [-0.15, -0.1) is 0 Å². The first-order valence-corrected chi connectivity index (χ1v) is 10.4. The number of sulfonamides is 1. The molecule has 0 unspecified atom stereocenters. The normalized spacial score (nSPS) is 20.9. The van der Waals surface area contributed by atoms with Crippen molar-refractivity contribution in [2.75, 3.05) is 19.8 Å². The molecule has 1 aliphatic heterocycles. The van der Waals surface area contributed by atoms with Gasteiger partial charge in [0.1, 0.15) is 5.75 Å². The zero-order valence-electron chi connectivity index (χ0n) is 14.9. The van der Waals surface area contributed by atoms with Crippen LogP contribution in [0.4, 0.5) is 0 Å². The van der Waals surface area contributed by atoms with Crippen molar-refractivity contribution in [1.29, 1.82) is 0 Å². The molecule has 0 atom stereocenters. The Balaban J connectivity index is 1.60. The fourth-order valence-corrected chi connectivity index (χ4v) is 4.64. The fourth-order valence-electron chi connectivity index (χ4n) is 3.39. The Morgan fingerprint density at radius 2 is 1.92 bits per heavy atom. The van der Waals surface area contributed by atoms with Gasteiger partial charge in [0.2, 0.25) is 10.0 Å². The summed E-state index contributed by atoms with van der Waals surface area (Å²) in [4.78, 5) is 0.282. The van der Waals surface area contributed by atoms with Gasteiger partial charge in [0.15, 0.2) is 5.79 Å². The van der Waals surface area contributed by atoms with E-state index in [0.29, 0.717) is 25.2 Å². The average Bonchev–Trinajstić information content (AvgIpc) is 3.19. The first-order valence-electron chi connectivity index (χ1n) is 8.93. The molecule has 1 N–H and O–H groups in total. The number of ether oxygens (including phenoxy) is 3. The van der Waals surface area contributed by atoms with Gasteiger partial charge in [0.05, 0.1) is 24.2 Å². The van der Waals surface area contributed by atoms with Gasteiger partial charge in [-0.2, -0.15) is 0 Å². The number of benzene rings is 1. The largest absolute Gasteiger partial charge is 0.490 e. The molecule has 25 heavy (non-hydrogen) atoms. The van der Waals surface area contributed by atoms with E-state index in [1.54, 1.807) is 25.1 Å². The molecule has 0 amide bonds. The predicted molar refractivity (Wildman–Crippen MR) is 94.2 cm³/mol. The summed E-state index contributed by atoms with van der Waals surface area (Å²) in [6, 6.07) is 5.16. The molecular weight excluding hydrogens is 342 g/mol. The van der Waals surface area contributed by atoms with Gasteiger partial charge in [0.25, 0.3) is 0 Å². The van der Waals surface area contributed by atoms with Crippen LogP contribution >= 0.6 is 0 Å². The van der Waals surface area contributed by atoms with Crippen molar-refractivity contribution in [2.24, 2.45) is 0 Å². The average molecular weight is 369 g/mol. The molecule has 7 heteroatoms. The number of rotatable bonds is 7. The highest BCUT2D eigenvalue weighted by Crippen LogP contribution is 2.27. The van der Waals surface area contributed by atoms with Crippen LogP contribution in [0.25, 0.3) is 0 Å². The Bertz CT molecular complexity index is 691. The van der Waals surface area contributed by atoms with Crippen molar-refractivity contribution >= 4 is 10.0 Å². The lowest BCUT2D eigenvalue weighted by Crippen LogP contribution is -2.33. The molecule has 1 aromatic rings. The summed E-state index contributed by atoms with van der Waals surface area (Å²) in [5, 5.41) is 0. The highest BCUT2D eigenvalue weighted by molar-refractivity contribution is 7.89. The number of nitrogens with one attached hydrogen (secondary N) is 1. The molecule has 1 saturated carbocycles. The van der Waals surface area contributed by atoms with Crippen LogP contribution in [0.2, 0.25) is 0 Å². The van der Waals surface area contributed by atoms with Gasteiger partial charge in [-0.3, -0.25) is 0 Å². The van der Waals surface area contributed by atoms with Crippen molar-refractivity contribution in [1.82, 2.24) is 4.72 Å². The van der Waals surface area contributed by atoms with E-state index in [1.807, 2.05) is 6.92 Å². The zero-order valence-corrected chi connectivity index (χ0v) is 15.7. The summed E-state index contributed by atoms with van der Waals surface area (Å²) in [6.07, 6.45) is 5.27. The van der Waals surface area contributed by atoms with E-state index in [0.717, 1.165) is 18.6 Å². The smallest absolute Gasteiger partial charge is 0.240 e. The molecular formula is C18H27NO5S. The van der Waals surface area contributed by atoms with E-state index in [1.165, 1.54) is 12.8 Å². The maximum absolute atomic E-state index is 12.6. The summed E-state index contributed by atoms with van der Waals surface area (Å²) >= 11 is 0. The Kier molecular flexibility index (Phi) is 5.68. The Morgan fingerprint density at radius 3 is 2.56 bits per heavy atom. The first-order chi connectivity index (χ1) is 11.9.